The number of hydrogen-bond acceptors (Lipinski definition) is 3. The van der Waals surface area contributed by atoms with Gasteiger partial charge in [-0.2, -0.15) is 0 Å². The van der Waals surface area contributed by atoms with Gasteiger partial charge in [0.1, 0.15) is 5.82 Å². The molecule has 0 spiro atoms. The molecule has 1 amide bonds. The minimum Gasteiger partial charge on any atom is -0.354 e. The zero-order valence-electron chi connectivity index (χ0n) is 14.5. The number of benzene rings is 1. The van der Waals surface area contributed by atoms with Crippen LogP contribution in [0.5, 0.6) is 0 Å². The Balaban J connectivity index is 1.47. The normalized spacial score (nSPS) is 24.9. The highest BCUT2D eigenvalue weighted by molar-refractivity contribution is 5.81. The Morgan fingerprint density at radius 2 is 2.25 bits per heavy atom. The Labute approximate surface area is 143 Å². The van der Waals surface area contributed by atoms with Crippen molar-refractivity contribution in [2.24, 2.45) is 5.92 Å². The highest BCUT2D eigenvalue weighted by atomic mass is 19.1. The molecule has 3 rings (SSSR count). The quantitative estimate of drug-likeness (QED) is 0.868. The number of hydrogen-bond donors (Lipinski definition) is 2. The predicted octanol–water partition coefficient (Wildman–Crippen LogP) is 2.21. The van der Waals surface area contributed by atoms with E-state index in [1.54, 1.807) is 13.0 Å². The third kappa shape index (κ3) is 4.54. The number of carbonyl (C=O) groups is 1. The molecule has 0 aromatic heterocycles. The van der Waals surface area contributed by atoms with E-state index in [1.807, 2.05) is 12.1 Å². The van der Waals surface area contributed by atoms with Gasteiger partial charge < -0.3 is 10.6 Å². The second kappa shape index (κ2) is 8.08. The van der Waals surface area contributed by atoms with Crippen molar-refractivity contribution in [1.29, 1.82) is 0 Å². The Kier molecular flexibility index (Phi) is 5.85. The second-order valence-electron chi connectivity index (χ2n) is 7.22. The number of aryl methyl sites for hydroxylation is 1. The van der Waals surface area contributed by atoms with Crippen LogP contribution in [-0.2, 0) is 11.3 Å². The molecule has 132 valence electrons. The van der Waals surface area contributed by atoms with Crippen LogP contribution >= 0.6 is 0 Å². The number of nitrogens with zero attached hydrogens (tertiary/aromatic N) is 1. The van der Waals surface area contributed by atoms with Crippen molar-refractivity contribution in [3.63, 3.8) is 0 Å². The number of piperidine rings is 1. The molecule has 0 aliphatic carbocycles. The summed E-state index contributed by atoms with van der Waals surface area (Å²) in [6, 6.07) is 5.50. The van der Waals surface area contributed by atoms with Gasteiger partial charge in [-0.25, -0.2) is 4.39 Å². The summed E-state index contributed by atoms with van der Waals surface area (Å²) in [5.74, 6) is 0.502. The van der Waals surface area contributed by atoms with Crippen LogP contribution in [0.1, 0.15) is 36.8 Å². The van der Waals surface area contributed by atoms with Crippen molar-refractivity contribution in [2.75, 3.05) is 26.2 Å². The summed E-state index contributed by atoms with van der Waals surface area (Å²) in [6.45, 7) is 6.28. The molecule has 5 heteroatoms. The van der Waals surface area contributed by atoms with Crippen LogP contribution in [0.15, 0.2) is 18.2 Å². The lowest BCUT2D eigenvalue weighted by Crippen LogP contribution is -2.45. The van der Waals surface area contributed by atoms with Crippen LogP contribution in [0.4, 0.5) is 4.39 Å². The molecule has 2 unspecified atom stereocenters. The molecule has 2 saturated heterocycles. The number of carbonyl (C=O) groups excluding carboxylic acids is 1. The van der Waals surface area contributed by atoms with Gasteiger partial charge in [0.2, 0.25) is 5.91 Å². The number of halogens is 1. The molecule has 2 atom stereocenters. The van der Waals surface area contributed by atoms with Crippen LogP contribution in [0.25, 0.3) is 0 Å². The van der Waals surface area contributed by atoms with E-state index in [0.717, 1.165) is 64.0 Å². The molecular weight excluding hydrogens is 305 g/mol. The van der Waals surface area contributed by atoms with Crippen LogP contribution in [-0.4, -0.2) is 43.0 Å². The molecule has 2 heterocycles. The number of likely N-dealkylation sites (tertiary alicyclic amines) is 1. The van der Waals surface area contributed by atoms with Crippen LogP contribution in [0, 0.1) is 18.7 Å². The fourth-order valence-corrected chi connectivity index (χ4v) is 3.73. The van der Waals surface area contributed by atoms with E-state index in [2.05, 4.69) is 15.5 Å². The molecule has 0 saturated carbocycles. The van der Waals surface area contributed by atoms with E-state index in [1.165, 1.54) is 0 Å². The molecular formula is C19H28FN3O. The molecule has 4 nitrogen and oxygen atoms in total. The zero-order chi connectivity index (χ0) is 16.9. The van der Waals surface area contributed by atoms with Crippen molar-refractivity contribution >= 4 is 5.91 Å². The van der Waals surface area contributed by atoms with Gasteiger partial charge in [-0.3, -0.25) is 9.69 Å². The van der Waals surface area contributed by atoms with Gasteiger partial charge in [0.25, 0.3) is 0 Å². The maximum atomic E-state index is 13.7. The molecule has 0 bridgehead atoms. The third-order valence-corrected chi connectivity index (χ3v) is 5.19. The molecule has 2 N–H and O–H groups in total. The lowest BCUT2D eigenvalue weighted by Gasteiger charge is -2.33. The Morgan fingerprint density at radius 3 is 3.00 bits per heavy atom. The summed E-state index contributed by atoms with van der Waals surface area (Å²) in [7, 11) is 0. The van der Waals surface area contributed by atoms with Gasteiger partial charge >= 0.3 is 0 Å². The van der Waals surface area contributed by atoms with Crippen LogP contribution < -0.4 is 10.6 Å². The minimum atomic E-state index is -0.127. The summed E-state index contributed by atoms with van der Waals surface area (Å²) < 4.78 is 13.7. The average molecular weight is 333 g/mol. The predicted molar refractivity (Wildman–Crippen MR) is 93.2 cm³/mol. The van der Waals surface area contributed by atoms with Crippen molar-refractivity contribution in [3.05, 3.63) is 35.1 Å². The minimum absolute atomic E-state index is 0.000210. The monoisotopic (exact) mass is 333 g/mol. The Hall–Kier alpha value is -1.46. The van der Waals surface area contributed by atoms with E-state index in [0.29, 0.717) is 11.5 Å². The first-order chi connectivity index (χ1) is 11.6. The second-order valence-corrected chi connectivity index (χ2v) is 7.22. The Bertz CT molecular complexity index is 572. The molecule has 2 fully saturated rings. The summed E-state index contributed by atoms with van der Waals surface area (Å²) in [4.78, 5) is 14.5. The van der Waals surface area contributed by atoms with Gasteiger partial charge in [-0.05, 0) is 68.8 Å². The van der Waals surface area contributed by atoms with Crippen LogP contribution in [0.3, 0.4) is 0 Å². The Morgan fingerprint density at radius 1 is 1.38 bits per heavy atom. The lowest BCUT2D eigenvalue weighted by atomic mass is 9.97. The molecule has 0 radical (unpaired) electrons. The topological polar surface area (TPSA) is 44.4 Å². The van der Waals surface area contributed by atoms with Crippen molar-refractivity contribution < 1.29 is 9.18 Å². The summed E-state index contributed by atoms with van der Waals surface area (Å²) >= 11 is 0. The smallest absolute Gasteiger partial charge is 0.237 e. The molecule has 24 heavy (non-hydrogen) atoms. The number of amides is 1. The van der Waals surface area contributed by atoms with Gasteiger partial charge in [-0.1, -0.05) is 12.1 Å². The fraction of sp³-hybridized carbons (Fsp3) is 0.632. The fourth-order valence-electron chi connectivity index (χ4n) is 3.73. The summed E-state index contributed by atoms with van der Waals surface area (Å²) in [5.41, 5.74) is 1.72. The van der Waals surface area contributed by atoms with E-state index >= 15 is 0 Å². The highest BCUT2D eigenvalue weighted by Crippen LogP contribution is 2.19. The molecule has 2 aliphatic rings. The van der Waals surface area contributed by atoms with E-state index in [4.69, 9.17) is 0 Å². The first-order valence-electron chi connectivity index (χ1n) is 9.10. The summed E-state index contributed by atoms with van der Waals surface area (Å²) in [5, 5.41) is 6.34. The molecule has 1 aromatic carbocycles. The summed E-state index contributed by atoms with van der Waals surface area (Å²) in [6.07, 6.45) is 4.32. The van der Waals surface area contributed by atoms with Crippen molar-refractivity contribution in [2.45, 2.75) is 45.2 Å². The van der Waals surface area contributed by atoms with Gasteiger partial charge in [0.05, 0.1) is 6.04 Å². The highest BCUT2D eigenvalue weighted by Gasteiger charge is 2.24. The van der Waals surface area contributed by atoms with Crippen molar-refractivity contribution in [1.82, 2.24) is 15.5 Å². The largest absolute Gasteiger partial charge is 0.354 e. The standard InChI is InChI=1S/C19H28FN3O/c1-14-6-7-15(10-17(14)20)12-23-9-3-4-16(13-23)11-22-19(24)18-5-2-8-21-18/h6-7,10,16,18,21H,2-5,8-9,11-13H2,1H3,(H,22,24). The number of nitrogens with one attached hydrogen (secondary N) is 2. The third-order valence-electron chi connectivity index (χ3n) is 5.19. The average Bonchev–Trinajstić information content (AvgIpc) is 3.11. The van der Waals surface area contributed by atoms with E-state index < -0.39 is 0 Å². The van der Waals surface area contributed by atoms with E-state index in [-0.39, 0.29) is 17.8 Å². The van der Waals surface area contributed by atoms with Gasteiger partial charge in [0.15, 0.2) is 0 Å². The maximum Gasteiger partial charge on any atom is 0.237 e. The van der Waals surface area contributed by atoms with Crippen molar-refractivity contribution in [3.8, 4) is 0 Å². The van der Waals surface area contributed by atoms with Gasteiger partial charge in [-0.15, -0.1) is 0 Å². The first kappa shape index (κ1) is 17.4. The first-order valence-corrected chi connectivity index (χ1v) is 9.10. The van der Waals surface area contributed by atoms with Gasteiger partial charge in [0, 0.05) is 19.6 Å². The zero-order valence-corrected chi connectivity index (χ0v) is 14.5. The maximum absolute atomic E-state index is 13.7. The SMILES string of the molecule is Cc1ccc(CN2CCCC(CNC(=O)C3CCCN3)C2)cc1F. The number of rotatable bonds is 5. The molecule has 1 aromatic rings. The molecule has 2 aliphatic heterocycles. The van der Waals surface area contributed by atoms with Crippen LogP contribution in [0.2, 0.25) is 0 Å². The lowest BCUT2D eigenvalue weighted by molar-refractivity contribution is -0.123. The van der Waals surface area contributed by atoms with E-state index in [9.17, 15) is 9.18 Å².